The SMILES string of the molecule is CC[C@H]1[C@@H](O)C2C3CC[C@H]([C@H](C)C[C@H]4SC(=O)NC4=O)[C@@]3(C)CCC2[C@@]2(C)CC[C@@H](O)C[C@@H]12. The van der Waals surface area contributed by atoms with Crippen LogP contribution in [-0.2, 0) is 4.79 Å². The molecule has 3 unspecified atom stereocenters. The van der Waals surface area contributed by atoms with Crippen molar-refractivity contribution in [3.8, 4) is 0 Å². The highest BCUT2D eigenvalue weighted by Gasteiger charge is 2.65. The van der Waals surface area contributed by atoms with Crippen LogP contribution in [0.1, 0.15) is 85.5 Å². The monoisotopic (exact) mass is 477 g/mol. The van der Waals surface area contributed by atoms with Crippen molar-refractivity contribution < 1.29 is 19.8 Å². The maximum Gasteiger partial charge on any atom is 0.286 e. The largest absolute Gasteiger partial charge is 0.393 e. The number of rotatable bonds is 4. The molecule has 1 aliphatic heterocycles. The van der Waals surface area contributed by atoms with E-state index < -0.39 is 0 Å². The minimum atomic E-state index is -0.268. The molecule has 186 valence electrons. The van der Waals surface area contributed by atoms with E-state index in [4.69, 9.17) is 0 Å². The van der Waals surface area contributed by atoms with Crippen LogP contribution in [0.15, 0.2) is 0 Å². The Kier molecular flexibility index (Phi) is 6.22. The fourth-order valence-corrected chi connectivity index (χ4v) is 11.0. The highest BCUT2D eigenvalue weighted by Crippen LogP contribution is 2.69. The van der Waals surface area contributed by atoms with E-state index in [9.17, 15) is 19.8 Å². The number of fused-ring (bicyclic) bond motifs is 5. The molecule has 3 N–H and O–H groups in total. The highest BCUT2D eigenvalue weighted by atomic mass is 32.2. The molecule has 0 spiro atoms. The van der Waals surface area contributed by atoms with E-state index in [0.717, 1.165) is 43.9 Å². The van der Waals surface area contributed by atoms with Gasteiger partial charge in [-0.15, -0.1) is 0 Å². The van der Waals surface area contributed by atoms with Crippen LogP contribution in [0, 0.1) is 52.3 Å². The summed E-state index contributed by atoms with van der Waals surface area (Å²) in [6, 6.07) is 0. The molecule has 0 aromatic carbocycles. The number of aliphatic hydroxyl groups is 2. The molecule has 6 heteroatoms. The van der Waals surface area contributed by atoms with Crippen LogP contribution in [0.25, 0.3) is 0 Å². The Bertz CT molecular complexity index is 805. The van der Waals surface area contributed by atoms with Crippen LogP contribution in [0.2, 0.25) is 0 Å². The molecule has 0 aromatic heterocycles. The number of imide groups is 1. The fraction of sp³-hybridized carbons (Fsp3) is 0.926. The maximum absolute atomic E-state index is 12.2. The number of thioether (sulfide) groups is 1. The minimum Gasteiger partial charge on any atom is -0.393 e. The van der Waals surface area contributed by atoms with Gasteiger partial charge in [0.25, 0.3) is 5.24 Å². The summed E-state index contributed by atoms with van der Waals surface area (Å²) >= 11 is 1.16. The van der Waals surface area contributed by atoms with Gasteiger partial charge in [-0.1, -0.05) is 45.9 Å². The van der Waals surface area contributed by atoms with Crippen molar-refractivity contribution in [1.82, 2.24) is 5.32 Å². The van der Waals surface area contributed by atoms with E-state index in [-0.39, 0.29) is 45.4 Å². The van der Waals surface area contributed by atoms with Crippen molar-refractivity contribution >= 4 is 22.9 Å². The lowest BCUT2D eigenvalue weighted by atomic mass is 9.41. The zero-order valence-corrected chi connectivity index (χ0v) is 21.6. The third-order valence-corrected chi connectivity index (χ3v) is 12.5. The van der Waals surface area contributed by atoms with Gasteiger partial charge in [0.15, 0.2) is 0 Å². The minimum absolute atomic E-state index is 0.118. The maximum atomic E-state index is 12.2. The average molecular weight is 478 g/mol. The molecular formula is C27H43NO4S. The molecule has 4 saturated carbocycles. The highest BCUT2D eigenvalue weighted by molar-refractivity contribution is 8.15. The Morgan fingerprint density at radius 2 is 1.73 bits per heavy atom. The number of nitrogens with one attached hydrogen (secondary N) is 1. The first-order valence-corrected chi connectivity index (χ1v) is 14.4. The second kappa shape index (κ2) is 8.51. The van der Waals surface area contributed by atoms with Crippen LogP contribution in [0.4, 0.5) is 4.79 Å². The van der Waals surface area contributed by atoms with Crippen LogP contribution in [0.3, 0.4) is 0 Å². The summed E-state index contributed by atoms with van der Waals surface area (Å²) in [5.74, 6) is 2.96. The smallest absolute Gasteiger partial charge is 0.286 e. The zero-order chi connectivity index (χ0) is 23.7. The Morgan fingerprint density at radius 1 is 1.03 bits per heavy atom. The van der Waals surface area contributed by atoms with E-state index in [0.29, 0.717) is 35.5 Å². The number of hydrogen-bond donors (Lipinski definition) is 3. The summed E-state index contributed by atoms with van der Waals surface area (Å²) in [6.07, 6.45) is 8.85. The quantitative estimate of drug-likeness (QED) is 0.531. The topological polar surface area (TPSA) is 86.6 Å². The van der Waals surface area contributed by atoms with E-state index in [1.165, 1.54) is 25.7 Å². The predicted molar refractivity (Wildman–Crippen MR) is 130 cm³/mol. The molecule has 33 heavy (non-hydrogen) atoms. The molecular weight excluding hydrogens is 434 g/mol. The lowest BCUT2D eigenvalue weighted by Crippen LogP contribution is -2.62. The molecule has 0 radical (unpaired) electrons. The molecule has 5 aliphatic rings. The summed E-state index contributed by atoms with van der Waals surface area (Å²) in [5, 5.41) is 24.3. The van der Waals surface area contributed by atoms with E-state index >= 15 is 0 Å². The number of aliphatic hydroxyl groups excluding tert-OH is 2. The van der Waals surface area contributed by atoms with E-state index in [1.807, 2.05) is 0 Å². The van der Waals surface area contributed by atoms with Crippen molar-refractivity contribution in [1.29, 1.82) is 0 Å². The average Bonchev–Trinajstić information content (AvgIpc) is 3.27. The van der Waals surface area contributed by atoms with Gasteiger partial charge >= 0.3 is 0 Å². The van der Waals surface area contributed by atoms with Crippen LogP contribution < -0.4 is 5.32 Å². The standard InChI is InChI=1S/C27H43NO4S/c1-5-16-20-13-15(29)8-10-27(20,4)19-9-11-26(3)17(6-7-18(26)22(19)23(16)30)14(2)12-21-24(31)28-25(32)33-21/h14-23,29-30H,5-13H2,1-4H3,(H,28,31,32)/t14-,15-,16-,17-,18?,19?,20+,21-,22?,23-,26-,27-/m1/s1. The van der Waals surface area contributed by atoms with Crippen LogP contribution >= 0.6 is 11.8 Å². The van der Waals surface area contributed by atoms with Crippen molar-refractivity contribution in [2.24, 2.45) is 52.3 Å². The van der Waals surface area contributed by atoms with E-state index in [2.05, 4.69) is 33.0 Å². The van der Waals surface area contributed by atoms with Crippen molar-refractivity contribution in [3.63, 3.8) is 0 Å². The number of hydrogen-bond acceptors (Lipinski definition) is 5. The fourth-order valence-electron chi connectivity index (χ4n) is 9.98. The Morgan fingerprint density at radius 3 is 2.39 bits per heavy atom. The number of carbonyl (C=O) groups is 2. The van der Waals surface area contributed by atoms with Crippen molar-refractivity contribution in [3.05, 3.63) is 0 Å². The Balaban J connectivity index is 1.39. The van der Waals surface area contributed by atoms with E-state index in [1.54, 1.807) is 0 Å². The summed E-state index contributed by atoms with van der Waals surface area (Å²) < 4.78 is 0. The van der Waals surface area contributed by atoms with Crippen molar-refractivity contribution in [2.75, 3.05) is 0 Å². The van der Waals surface area contributed by atoms with Gasteiger partial charge in [-0.3, -0.25) is 14.9 Å². The normalized spacial score (nSPS) is 52.6. The van der Waals surface area contributed by atoms with Crippen LogP contribution in [-0.4, -0.2) is 38.8 Å². The predicted octanol–water partition coefficient (Wildman–Crippen LogP) is 4.99. The van der Waals surface area contributed by atoms with Gasteiger partial charge in [0.05, 0.1) is 17.5 Å². The molecule has 5 nitrogen and oxygen atoms in total. The first-order valence-electron chi connectivity index (χ1n) is 13.5. The molecule has 1 heterocycles. The lowest BCUT2D eigenvalue weighted by Gasteiger charge is -2.64. The Hall–Kier alpha value is -0.590. The van der Waals surface area contributed by atoms with Gasteiger partial charge in [-0.25, -0.2) is 0 Å². The van der Waals surface area contributed by atoms with Gasteiger partial charge in [0.2, 0.25) is 5.91 Å². The van der Waals surface area contributed by atoms with Gasteiger partial charge < -0.3 is 10.2 Å². The summed E-state index contributed by atoms with van der Waals surface area (Å²) in [4.78, 5) is 23.9. The zero-order valence-electron chi connectivity index (χ0n) is 20.8. The lowest BCUT2D eigenvalue weighted by molar-refractivity contribution is -0.203. The molecule has 12 atom stereocenters. The summed E-state index contributed by atoms with van der Waals surface area (Å²) in [7, 11) is 0. The molecule has 5 fully saturated rings. The summed E-state index contributed by atoms with van der Waals surface area (Å²) in [5.41, 5.74) is 0.425. The number of amides is 2. The van der Waals surface area contributed by atoms with Gasteiger partial charge in [-0.2, -0.15) is 0 Å². The summed E-state index contributed by atoms with van der Waals surface area (Å²) in [6.45, 7) is 9.47. The molecule has 4 aliphatic carbocycles. The molecule has 2 amide bonds. The second-order valence-electron chi connectivity index (χ2n) is 12.7. The molecule has 0 bridgehead atoms. The van der Waals surface area contributed by atoms with Gasteiger partial charge in [0, 0.05) is 0 Å². The molecule has 0 aromatic rings. The first kappa shape index (κ1) is 24.1. The molecule has 5 rings (SSSR count). The van der Waals surface area contributed by atoms with Crippen LogP contribution in [0.5, 0.6) is 0 Å². The molecule has 1 saturated heterocycles. The third-order valence-electron chi connectivity index (χ3n) is 11.5. The first-order chi connectivity index (χ1) is 15.6. The Labute approximate surface area is 203 Å². The van der Waals surface area contributed by atoms with Gasteiger partial charge in [0.1, 0.15) is 0 Å². The van der Waals surface area contributed by atoms with Crippen molar-refractivity contribution in [2.45, 2.75) is 103 Å². The number of carbonyl (C=O) groups excluding carboxylic acids is 2. The second-order valence-corrected chi connectivity index (χ2v) is 13.9. The van der Waals surface area contributed by atoms with Gasteiger partial charge in [-0.05, 0) is 104 Å². The third kappa shape index (κ3) is 3.64.